The molecule has 27 heavy (non-hydrogen) atoms. The fraction of sp³-hybridized carbons (Fsp3) is 0.450. The molecule has 1 saturated heterocycles. The third-order valence-electron chi connectivity index (χ3n) is 4.95. The van der Waals surface area contributed by atoms with Gasteiger partial charge in [0.25, 0.3) is 5.91 Å². The van der Waals surface area contributed by atoms with E-state index in [-0.39, 0.29) is 5.91 Å². The van der Waals surface area contributed by atoms with Crippen LogP contribution in [0.15, 0.2) is 30.6 Å². The lowest BCUT2D eigenvalue weighted by molar-refractivity contribution is 0.0752. The van der Waals surface area contributed by atoms with Gasteiger partial charge in [-0.3, -0.25) is 4.79 Å². The van der Waals surface area contributed by atoms with E-state index < -0.39 is 0 Å². The second kappa shape index (κ2) is 8.12. The summed E-state index contributed by atoms with van der Waals surface area (Å²) in [6.07, 6.45) is 6.39. The SMILES string of the molecule is CN(C)c1ccc(N[C@@H]2CCCN(C(=O)c3cc(C#N)cn3C)CC2)cn1. The van der Waals surface area contributed by atoms with E-state index in [1.165, 1.54) is 0 Å². The molecule has 0 radical (unpaired) electrons. The molecule has 7 nitrogen and oxygen atoms in total. The minimum Gasteiger partial charge on any atom is -0.381 e. The molecule has 1 atom stereocenters. The summed E-state index contributed by atoms with van der Waals surface area (Å²) in [6.45, 7) is 1.44. The number of anilines is 2. The predicted octanol–water partition coefficient (Wildman–Crippen LogP) is 2.46. The van der Waals surface area contributed by atoms with Crippen molar-refractivity contribution in [2.24, 2.45) is 7.05 Å². The molecule has 1 aliphatic heterocycles. The molecule has 0 aliphatic carbocycles. The number of carbonyl (C=O) groups is 1. The molecule has 7 heteroatoms. The van der Waals surface area contributed by atoms with E-state index in [1.54, 1.807) is 23.9 Å². The van der Waals surface area contributed by atoms with Gasteiger partial charge in [0.1, 0.15) is 17.6 Å². The monoisotopic (exact) mass is 366 g/mol. The number of nitrogens with one attached hydrogen (secondary N) is 1. The van der Waals surface area contributed by atoms with Crippen LogP contribution in [-0.4, -0.2) is 53.6 Å². The Balaban J connectivity index is 1.60. The summed E-state index contributed by atoms with van der Waals surface area (Å²) in [4.78, 5) is 21.1. The zero-order valence-electron chi connectivity index (χ0n) is 16.1. The van der Waals surface area contributed by atoms with Crippen molar-refractivity contribution in [3.8, 4) is 6.07 Å². The van der Waals surface area contributed by atoms with Crippen LogP contribution in [0.2, 0.25) is 0 Å². The van der Waals surface area contributed by atoms with Gasteiger partial charge in [0, 0.05) is 46.5 Å². The van der Waals surface area contributed by atoms with Crippen molar-refractivity contribution in [2.45, 2.75) is 25.3 Å². The molecule has 1 aliphatic rings. The van der Waals surface area contributed by atoms with E-state index in [0.717, 1.165) is 37.3 Å². The fourth-order valence-electron chi connectivity index (χ4n) is 3.42. The minimum atomic E-state index is -0.00310. The maximum absolute atomic E-state index is 12.8. The molecule has 3 rings (SSSR count). The number of pyridine rings is 1. The summed E-state index contributed by atoms with van der Waals surface area (Å²) in [5.74, 6) is 0.925. The number of aromatic nitrogens is 2. The summed E-state index contributed by atoms with van der Waals surface area (Å²) in [7, 11) is 5.75. The molecule has 0 saturated carbocycles. The highest BCUT2D eigenvalue weighted by molar-refractivity contribution is 5.93. The van der Waals surface area contributed by atoms with Gasteiger partial charge in [-0.05, 0) is 37.5 Å². The highest BCUT2D eigenvalue weighted by atomic mass is 16.2. The molecule has 0 bridgehead atoms. The summed E-state index contributed by atoms with van der Waals surface area (Å²) in [5, 5.41) is 12.6. The molecule has 1 N–H and O–H groups in total. The molecule has 0 unspecified atom stereocenters. The number of nitriles is 1. The maximum Gasteiger partial charge on any atom is 0.270 e. The van der Waals surface area contributed by atoms with Gasteiger partial charge in [-0.2, -0.15) is 5.26 Å². The van der Waals surface area contributed by atoms with Gasteiger partial charge in [0.15, 0.2) is 0 Å². The topological polar surface area (TPSA) is 77.2 Å². The van der Waals surface area contributed by atoms with Crippen LogP contribution in [0.5, 0.6) is 0 Å². The molecule has 2 aromatic heterocycles. The van der Waals surface area contributed by atoms with Crippen molar-refractivity contribution in [1.29, 1.82) is 5.26 Å². The van der Waals surface area contributed by atoms with Gasteiger partial charge >= 0.3 is 0 Å². The lowest BCUT2D eigenvalue weighted by Crippen LogP contribution is -2.33. The first-order valence-corrected chi connectivity index (χ1v) is 9.23. The van der Waals surface area contributed by atoms with Crippen molar-refractivity contribution < 1.29 is 4.79 Å². The summed E-state index contributed by atoms with van der Waals surface area (Å²) < 4.78 is 1.74. The smallest absolute Gasteiger partial charge is 0.270 e. The van der Waals surface area contributed by atoms with Crippen LogP contribution in [0.3, 0.4) is 0 Å². The lowest BCUT2D eigenvalue weighted by Gasteiger charge is -2.21. The normalized spacial score (nSPS) is 17.1. The highest BCUT2D eigenvalue weighted by Crippen LogP contribution is 2.20. The zero-order chi connectivity index (χ0) is 19.4. The number of carbonyl (C=O) groups excluding carboxylic acids is 1. The fourth-order valence-corrected chi connectivity index (χ4v) is 3.42. The van der Waals surface area contributed by atoms with Crippen LogP contribution in [-0.2, 0) is 7.05 Å². The maximum atomic E-state index is 12.8. The van der Waals surface area contributed by atoms with Crippen molar-refractivity contribution >= 4 is 17.4 Å². The van der Waals surface area contributed by atoms with Crippen molar-refractivity contribution in [3.63, 3.8) is 0 Å². The van der Waals surface area contributed by atoms with E-state index in [0.29, 0.717) is 23.8 Å². The largest absolute Gasteiger partial charge is 0.381 e. The number of amides is 1. The van der Waals surface area contributed by atoms with E-state index in [2.05, 4.69) is 16.4 Å². The van der Waals surface area contributed by atoms with Crippen LogP contribution < -0.4 is 10.2 Å². The van der Waals surface area contributed by atoms with E-state index in [1.807, 2.05) is 42.2 Å². The standard InChI is InChI=1S/C20H26N6O/c1-24(2)19-7-6-17(13-22-19)23-16-5-4-9-26(10-8-16)20(27)18-11-15(12-21)14-25(18)3/h6-7,11,13-14,16,23H,4-5,8-10H2,1-3H3/t16-/m1/s1. The molecule has 0 aromatic carbocycles. The van der Waals surface area contributed by atoms with E-state index in [4.69, 9.17) is 5.26 Å². The van der Waals surface area contributed by atoms with Crippen LogP contribution >= 0.6 is 0 Å². The lowest BCUT2D eigenvalue weighted by atomic mass is 10.1. The number of rotatable bonds is 4. The summed E-state index contributed by atoms with van der Waals surface area (Å²) >= 11 is 0. The first kappa shape index (κ1) is 18.8. The highest BCUT2D eigenvalue weighted by Gasteiger charge is 2.23. The Hall–Kier alpha value is -3.01. The van der Waals surface area contributed by atoms with E-state index in [9.17, 15) is 4.79 Å². The van der Waals surface area contributed by atoms with Crippen LogP contribution in [0, 0.1) is 11.3 Å². The Morgan fingerprint density at radius 2 is 2.15 bits per heavy atom. The number of hydrogen-bond donors (Lipinski definition) is 1. The molecule has 3 heterocycles. The third-order valence-corrected chi connectivity index (χ3v) is 4.95. The molecule has 1 fully saturated rings. The summed E-state index contributed by atoms with van der Waals surface area (Å²) in [6, 6.07) is 8.12. The van der Waals surface area contributed by atoms with Gasteiger partial charge in [0.2, 0.25) is 0 Å². The number of likely N-dealkylation sites (tertiary alicyclic amines) is 1. The average molecular weight is 366 g/mol. The predicted molar refractivity (Wildman–Crippen MR) is 106 cm³/mol. The second-order valence-electron chi connectivity index (χ2n) is 7.20. The first-order valence-electron chi connectivity index (χ1n) is 9.23. The Kier molecular flexibility index (Phi) is 5.65. The number of aryl methyl sites for hydroxylation is 1. The van der Waals surface area contributed by atoms with Crippen molar-refractivity contribution in [2.75, 3.05) is 37.4 Å². The second-order valence-corrected chi connectivity index (χ2v) is 7.20. The number of hydrogen-bond acceptors (Lipinski definition) is 5. The molecular formula is C20H26N6O. The van der Waals surface area contributed by atoms with Crippen LogP contribution in [0.1, 0.15) is 35.3 Å². The van der Waals surface area contributed by atoms with Crippen LogP contribution in [0.25, 0.3) is 0 Å². The Bertz CT molecular complexity index is 833. The van der Waals surface area contributed by atoms with Crippen molar-refractivity contribution in [1.82, 2.24) is 14.5 Å². The number of nitrogens with zero attached hydrogens (tertiary/aromatic N) is 5. The Morgan fingerprint density at radius 1 is 1.33 bits per heavy atom. The van der Waals surface area contributed by atoms with Gasteiger partial charge in [-0.1, -0.05) is 0 Å². The van der Waals surface area contributed by atoms with Gasteiger partial charge in [0.05, 0.1) is 17.4 Å². The molecule has 1 amide bonds. The van der Waals surface area contributed by atoms with Gasteiger partial charge < -0.3 is 19.7 Å². The molecule has 2 aromatic rings. The zero-order valence-corrected chi connectivity index (χ0v) is 16.1. The Labute approximate surface area is 160 Å². The van der Waals surface area contributed by atoms with Gasteiger partial charge in [-0.25, -0.2) is 4.98 Å². The Morgan fingerprint density at radius 3 is 2.78 bits per heavy atom. The van der Waals surface area contributed by atoms with E-state index >= 15 is 0 Å². The molecule has 0 spiro atoms. The first-order chi connectivity index (χ1) is 13.0. The average Bonchev–Trinajstić information content (AvgIpc) is 2.89. The molecular weight excluding hydrogens is 340 g/mol. The van der Waals surface area contributed by atoms with Crippen molar-refractivity contribution in [3.05, 3.63) is 41.9 Å². The minimum absolute atomic E-state index is 0.00310. The summed E-state index contributed by atoms with van der Waals surface area (Å²) in [5.41, 5.74) is 2.09. The molecule has 142 valence electrons. The third kappa shape index (κ3) is 4.40. The van der Waals surface area contributed by atoms with Gasteiger partial charge in [-0.15, -0.1) is 0 Å². The van der Waals surface area contributed by atoms with Crippen LogP contribution in [0.4, 0.5) is 11.5 Å². The quantitative estimate of drug-likeness (QED) is 0.899.